The minimum Gasteiger partial charge on any atom is -0.497 e. The monoisotopic (exact) mass is 409 g/mol. The Bertz CT molecular complexity index is 937. The number of rotatable bonds is 6. The lowest BCUT2D eigenvalue weighted by molar-refractivity contribution is 0.0979. The van der Waals surface area contributed by atoms with Crippen LogP contribution in [0.2, 0.25) is 0 Å². The van der Waals surface area contributed by atoms with Crippen LogP contribution in [0.25, 0.3) is 10.2 Å². The van der Waals surface area contributed by atoms with Gasteiger partial charge in [0.15, 0.2) is 10.8 Å². The summed E-state index contributed by atoms with van der Waals surface area (Å²) < 4.78 is 7.93. The van der Waals surface area contributed by atoms with Crippen molar-refractivity contribution < 1.29 is 9.53 Å². The van der Waals surface area contributed by atoms with Crippen molar-refractivity contribution in [2.24, 2.45) is 7.05 Å². The number of halogens is 1. The summed E-state index contributed by atoms with van der Waals surface area (Å²) in [5.74, 6) is 0.649. The largest absolute Gasteiger partial charge is 0.497 e. The van der Waals surface area contributed by atoms with Crippen LogP contribution < -0.4 is 9.64 Å². The second-order valence-corrected chi connectivity index (χ2v) is 7.43. The van der Waals surface area contributed by atoms with Crippen LogP contribution in [0.3, 0.4) is 0 Å². The molecule has 0 saturated carbocycles. The van der Waals surface area contributed by atoms with E-state index in [0.29, 0.717) is 17.4 Å². The maximum atomic E-state index is 13.2. The second kappa shape index (κ2) is 8.69. The van der Waals surface area contributed by atoms with Crippen molar-refractivity contribution in [2.75, 3.05) is 39.2 Å². The number of hydrogen-bond acceptors (Lipinski definition) is 6. The summed E-state index contributed by atoms with van der Waals surface area (Å²) in [4.78, 5) is 21.6. The summed E-state index contributed by atoms with van der Waals surface area (Å²) in [6.45, 7) is 3.17. The Morgan fingerprint density at radius 1 is 1.30 bits per heavy atom. The molecule has 0 bridgehead atoms. The number of ether oxygens (including phenoxy) is 1. The number of hydrogen-bond donors (Lipinski definition) is 0. The first kappa shape index (κ1) is 21.1. The Morgan fingerprint density at radius 3 is 2.63 bits per heavy atom. The van der Waals surface area contributed by atoms with Gasteiger partial charge in [0.2, 0.25) is 0 Å². The van der Waals surface area contributed by atoms with Crippen molar-refractivity contribution in [2.45, 2.75) is 6.92 Å². The fraction of sp³-hybridized carbons (Fsp3) is 0.389. The van der Waals surface area contributed by atoms with Crippen LogP contribution in [-0.2, 0) is 7.05 Å². The molecular formula is C18H24ClN5O2S. The van der Waals surface area contributed by atoms with Gasteiger partial charge < -0.3 is 9.64 Å². The second-order valence-electron chi connectivity index (χ2n) is 6.42. The van der Waals surface area contributed by atoms with Crippen LogP contribution in [0.1, 0.15) is 16.1 Å². The number of aromatic nitrogens is 3. The molecule has 0 aliphatic rings. The van der Waals surface area contributed by atoms with Gasteiger partial charge in [-0.3, -0.25) is 14.4 Å². The molecular weight excluding hydrogens is 386 g/mol. The highest BCUT2D eigenvalue weighted by Gasteiger charge is 2.25. The molecule has 0 unspecified atom stereocenters. The van der Waals surface area contributed by atoms with Gasteiger partial charge in [0.1, 0.15) is 5.75 Å². The summed E-state index contributed by atoms with van der Waals surface area (Å²) in [6, 6.07) is 5.73. The first-order valence-corrected chi connectivity index (χ1v) is 9.12. The SMILES string of the molecule is COc1ccc2nc(N(CCN(C)C)C(=O)c3nn(C)cc3C)sc2c1.Cl. The molecule has 146 valence electrons. The topological polar surface area (TPSA) is 63.5 Å². The van der Waals surface area contributed by atoms with Gasteiger partial charge in [-0.2, -0.15) is 5.10 Å². The average Bonchev–Trinajstić information content (AvgIpc) is 3.16. The molecule has 3 rings (SSSR count). The van der Waals surface area contributed by atoms with Gasteiger partial charge in [0, 0.05) is 31.9 Å². The molecule has 0 N–H and O–H groups in total. The zero-order chi connectivity index (χ0) is 18.8. The minimum absolute atomic E-state index is 0. The molecule has 2 heterocycles. The van der Waals surface area contributed by atoms with Crippen molar-refractivity contribution in [1.29, 1.82) is 0 Å². The first-order chi connectivity index (χ1) is 12.4. The number of fused-ring (bicyclic) bond motifs is 1. The lowest BCUT2D eigenvalue weighted by Gasteiger charge is -2.21. The lowest BCUT2D eigenvalue weighted by atomic mass is 10.2. The zero-order valence-corrected chi connectivity index (χ0v) is 17.7. The van der Waals surface area contributed by atoms with E-state index in [4.69, 9.17) is 4.74 Å². The number of carbonyl (C=O) groups excluding carboxylic acids is 1. The molecule has 27 heavy (non-hydrogen) atoms. The molecule has 0 spiro atoms. The van der Waals surface area contributed by atoms with Crippen LogP contribution in [0.5, 0.6) is 5.75 Å². The van der Waals surface area contributed by atoms with Gasteiger partial charge in [-0.1, -0.05) is 11.3 Å². The maximum Gasteiger partial charge on any atom is 0.280 e. The standard InChI is InChI=1S/C18H23N5O2S.ClH/c1-12-11-22(4)20-16(12)17(24)23(9-8-21(2)3)18-19-14-7-6-13(25-5)10-15(14)26-18;/h6-7,10-11H,8-9H2,1-5H3;1H. The molecule has 2 aromatic heterocycles. The van der Waals surface area contributed by atoms with Gasteiger partial charge in [-0.15, -0.1) is 12.4 Å². The van der Waals surface area contributed by atoms with E-state index in [1.165, 1.54) is 11.3 Å². The third-order valence-corrected chi connectivity index (χ3v) is 5.09. The van der Waals surface area contributed by atoms with Crippen LogP contribution in [0.15, 0.2) is 24.4 Å². The van der Waals surface area contributed by atoms with Gasteiger partial charge in [-0.25, -0.2) is 4.98 Å². The number of carbonyl (C=O) groups is 1. The van der Waals surface area contributed by atoms with Crippen molar-refractivity contribution >= 4 is 45.0 Å². The molecule has 0 aliphatic heterocycles. The number of benzene rings is 1. The van der Waals surface area contributed by atoms with E-state index in [1.807, 2.05) is 57.4 Å². The Labute approximate surface area is 169 Å². The summed E-state index contributed by atoms with van der Waals surface area (Å²) >= 11 is 1.48. The molecule has 0 atom stereocenters. The number of thiazole rings is 1. The van der Waals surface area contributed by atoms with Crippen molar-refractivity contribution in [3.05, 3.63) is 35.7 Å². The number of methoxy groups -OCH3 is 1. The van der Waals surface area contributed by atoms with E-state index in [0.717, 1.165) is 28.1 Å². The number of aryl methyl sites for hydroxylation is 2. The summed E-state index contributed by atoms with van der Waals surface area (Å²) in [6.07, 6.45) is 1.85. The Hall–Kier alpha value is -2.16. The molecule has 7 nitrogen and oxygen atoms in total. The zero-order valence-electron chi connectivity index (χ0n) is 16.1. The molecule has 0 saturated heterocycles. The maximum absolute atomic E-state index is 13.2. The molecule has 0 fully saturated rings. The fourth-order valence-electron chi connectivity index (χ4n) is 2.67. The highest BCUT2D eigenvalue weighted by Crippen LogP contribution is 2.32. The van der Waals surface area contributed by atoms with Crippen LogP contribution in [0, 0.1) is 6.92 Å². The highest BCUT2D eigenvalue weighted by atomic mass is 35.5. The van der Waals surface area contributed by atoms with E-state index in [9.17, 15) is 4.79 Å². The number of anilines is 1. The third-order valence-electron chi connectivity index (χ3n) is 4.05. The molecule has 3 aromatic rings. The molecule has 0 aliphatic carbocycles. The molecule has 9 heteroatoms. The van der Waals surface area contributed by atoms with Gasteiger partial charge in [-0.05, 0) is 39.2 Å². The molecule has 1 aromatic carbocycles. The van der Waals surface area contributed by atoms with E-state index in [1.54, 1.807) is 16.7 Å². The van der Waals surface area contributed by atoms with Gasteiger partial charge in [0.25, 0.3) is 5.91 Å². The summed E-state index contributed by atoms with van der Waals surface area (Å²) in [7, 11) is 7.42. The minimum atomic E-state index is -0.129. The summed E-state index contributed by atoms with van der Waals surface area (Å²) in [5, 5.41) is 5.01. The lowest BCUT2D eigenvalue weighted by Crippen LogP contribution is -2.37. The number of likely N-dealkylation sites (N-methyl/N-ethyl adjacent to an activating group) is 1. The van der Waals surface area contributed by atoms with Crippen molar-refractivity contribution in [3.8, 4) is 5.75 Å². The third kappa shape index (κ3) is 4.58. The summed E-state index contributed by atoms with van der Waals surface area (Å²) in [5.41, 5.74) is 2.17. The van der Waals surface area contributed by atoms with E-state index < -0.39 is 0 Å². The smallest absolute Gasteiger partial charge is 0.280 e. The van der Waals surface area contributed by atoms with E-state index >= 15 is 0 Å². The highest BCUT2D eigenvalue weighted by molar-refractivity contribution is 7.22. The predicted octanol–water partition coefficient (Wildman–Crippen LogP) is 2.98. The normalized spacial score (nSPS) is 10.9. The quantitative estimate of drug-likeness (QED) is 0.626. The average molecular weight is 410 g/mol. The Balaban J connectivity index is 0.00000261. The number of nitrogens with zero attached hydrogens (tertiary/aromatic N) is 5. The molecule has 0 radical (unpaired) electrons. The van der Waals surface area contributed by atoms with Crippen LogP contribution in [0.4, 0.5) is 5.13 Å². The number of amides is 1. The van der Waals surface area contributed by atoms with E-state index in [-0.39, 0.29) is 18.3 Å². The van der Waals surface area contributed by atoms with Gasteiger partial charge >= 0.3 is 0 Å². The predicted molar refractivity (Wildman–Crippen MR) is 112 cm³/mol. The Kier molecular flexibility index (Phi) is 6.80. The fourth-order valence-corrected chi connectivity index (χ4v) is 3.68. The first-order valence-electron chi connectivity index (χ1n) is 8.30. The molecule has 1 amide bonds. The van der Waals surface area contributed by atoms with E-state index in [2.05, 4.69) is 10.1 Å². The van der Waals surface area contributed by atoms with Crippen molar-refractivity contribution in [1.82, 2.24) is 19.7 Å². The van der Waals surface area contributed by atoms with Gasteiger partial charge in [0.05, 0.1) is 17.3 Å². The van der Waals surface area contributed by atoms with Crippen molar-refractivity contribution in [3.63, 3.8) is 0 Å². The Morgan fingerprint density at radius 2 is 2.04 bits per heavy atom. The van der Waals surface area contributed by atoms with Crippen LogP contribution in [-0.4, -0.2) is 59.9 Å². The van der Waals surface area contributed by atoms with Crippen LogP contribution >= 0.6 is 23.7 Å².